The Hall–Kier alpha value is -2.45. The molecule has 32 heavy (non-hydrogen) atoms. The number of thiazole rings is 1. The maximum Gasteiger partial charge on any atom is 0.384 e. The van der Waals surface area contributed by atoms with Crippen LogP contribution in [0.25, 0.3) is 11.3 Å². The Kier molecular flexibility index (Phi) is 5.12. The minimum absolute atomic E-state index is 0.0115. The smallest absolute Gasteiger partial charge is 0.299 e. The predicted octanol–water partition coefficient (Wildman–Crippen LogP) is 5.96. The standard InChI is InChI=1S/C17H9F11N2OS/c1-7-2-4-8(5-3-7)9-6-32-11(29-9)30-10(31)12(18)13(19,20)15(23,24)17(27,28)16(25,26)14(12,21)22/h2-6H,1H3,(H,29,30,31). The Morgan fingerprint density at radius 3 is 1.69 bits per heavy atom. The molecule has 1 aliphatic rings. The Morgan fingerprint density at radius 1 is 0.781 bits per heavy atom. The van der Waals surface area contributed by atoms with Gasteiger partial charge in [0.05, 0.1) is 5.69 Å². The lowest BCUT2D eigenvalue weighted by Crippen LogP contribution is -2.86. The molecule has 1 heterocycles. The summed E-state index contributed by atoms with van der Waals surface area (Å²) in [5, 5.41) is 1.18. The minimum Gasteiger partial charge on any atom is -0.299 e. The molecule has 1 N–H and O–H groups in total. The molecule has 0 spiro atoms. The van der Waals surface area contributed by atoms with Crippen molar-refractivity contribution in [3.8, 4) is 11.3 Å². The molecule has 0 aliphatic heterocycles. The maximum atomic E-state index is 14.7. The fourth-order valence-corrected chi connectivity index (χ4v) is 3.59. The second-order valence-electron chi connectivity index (χ2n) is 6.89. The van der Waals surface area contributed by atoms with E-state index in [0.717, 1.165) is 16.3 Å². The lowest BCUT2D eigenvalue weighted by atomic mass is 9.71. The molecule has 1 aliphatic carbocycles. The van der Waals surface area contributed by atoms with Crippen LogP contribution in [0, 0.1) is 6.92 Å². The second-order valence-corrected chi connectivity index (χ2v) is 7.75. The molecular weight excluding hydrogens is 489 g/mol. The van der Waals surface area contributed by atoms with Crippen molar-refractivity contribution in [3.05, 3.63) is 35.2 Å². The number of hydrogen-bond acceptors (Lipinski definition) is 3. The van der Waals surface area contributed by atoms with Gasteiger partial charge < -0.3 is 0 Å². The molecule has 1 saturated carbocycles. The zero-order valence-corrected chi connectivity index (χ0v) is 16.1. The molecule has 0 radical (unpaired) electrons. The van der Waals surface area contributed by atoms with Crippen LogP contribution in [0.15, 0.2) is 29.6 Å². The lowest BCUT2D eigenvalue weighted by Gasteiger charge is -2.51. The summed E-state index contributed by atoms with van der Waals surface area (Å²) >= 11 is 0.317. The molecule has 1 aromatic heterocycles. The van der Waals surface area contributed by atoms with Crippen molar-refractivity contribution in [1.82, 2.24) is 4.98 Å². The highest BCUT2D eigenvalue weighted by atomic mass is 32.1. The largest absolute Gasteiger partial charge is 0.384 e. The molecule has 0 saturated heterocycles. The van der Waals surface area contributed by atoms with Gasteiger partial charge in [-0.15, -0.1) is 11.3 Å². The first-order valence-corrected chi connectivity index (χ1v) is 9.16. The van der Waals surface area contributed by atoms with Gasteiger partial charge in [-0.1, -0.05) is 29.8 Å². The second kappa shape index (κ2) is 6.78. The first-order valence-electron chi connectivity index (χ1n) is 8.28. The number of carbonyl (C=O) groups is 1. The molecule has 2 aromatic rings. The van der Waals surface area contributed by atoms with Gasteiger partial charge in [0.25, 0.3) is 5.91 Å². The van der Waals surface area contributed by atoms with Gasteiger partial charge in [-0.25, -0.2) is 9.37 Å². The molecule has 1 aromatic carbocycles. The van der Waals surface area contributed by atoms with E-state index in [4.69, 9.17) is 0 Å². The van der Waals surface area contributed by atoms with Crippen molar-refractivity contribution in [2.45, 2.75) is 42.2 Å². The number of rotatable bonds is 3. The number of alkyl halides is 11. The highest BCUT2D eigenvalue weighted by molar-refractivity contribution is 7.14. The molecule has 0 bridgehead atoms. The third kappa shape index (κ3) is 2.72. The fourth-order valence-electron chi connectivity index (χ4n) is 2.88. The maximum absolute atomic E-state index is 14.7. The molecule has 3 rings (SSSR count). The Labute approximate surface area is 175 Å². The van der Waals surface area contributed by atoms with Crippen LogP contribution in [-0.4, -0.2) is 46.2 Å². The molecule has 1 amide bonds. The Bertz CT molecular complexity index is 1020. The van der Waals surface area contributed by atoms with E-state index in [0.29, 0.717) is 16.9 Å². The van der Waals surface area contributed by atoms with Gasteiger partial charge in [0, 0.05) is 10.9 Å². The summed E-state index contributed by atoms with van der Waals surface area (Å²) in [6.45, 7) is 1.72. The number of benzene rings is 1. The van der Waals surface area contributed by atoms with Crippen LogP contribution in [0.1, 0.15) is 5.56 Å². The minimum atomic E-state index is -7.39. The summed E-state index contributed by atoms with van der Waals surface area (Å²) in [5.41, 5.74) is -5.63. The number of anilines is 1. The molecular formula is C17H9F11N2OS. The summed E-state index contributed by atoms with van der Waals surface area (Å²) in [5.74, 6) is -40.0. The van der Waals surface area contributed by atoms with Crippen molar-refractivity contribution in [1.29, 1.82) is 0 Å². The van der Waals surface area contributed by atoms with Gasteiger partial charge >= 0.3 is 35.3 Å². The van der Waals surface area contributed by atoms with E-state index in [-0.39, 0.29) is 5.69 Å². The van der Waals surface area contributed by atoms with Gasteiger partial charge in [0.2, 0.25) is 0 Å². The van der Waals surface area contributed by atoms with Crippen molar-refractivity contribution in [3.63, 3.8) is 0 Å². The van der Waals surface area contributed by atoms with E-state index in [1.54, 1.807) is 19.1 Å². The number of nitrogens with zero attached hydrogens (tertiary/aromatic N) is 1. The number of hydrogen-bond donors (Lipinski definition) is 1. The van der Waals surface area contributed by atoms with Crippen molar-refractivity contribution in [2.24, 2.45) is 0 Å². The highest BCUT2D eigenvalue weighted by Gasteiger charge is 3.02. The van der Waals surface area contributed by atoms with Crippen LogP contribution in [0.5, 0.6) is 0 Å². The van der Waals surface area contributed by atoms with E-state index in [1.807, 2.05) is 0 Å². The van der Waals surface area contributed by atoms with Crippen LogP contribution in [0.3, 0.4) is 0 Å². The van der Waals surface area contributed by atoms with Gasteiger partial charge in [-0.3, -0.25) is 10.1 Å². The van der Waals surface area contributed by atoms with E-state index >= 15 is 0 Å². The van der Waals surface area contributed by atoms with Crippen molar-refractivity contribution < 1.29 is 53.1 Å². The average molecular weight is 498 g/mol. The number of nitrogens with one attached hydrogen (secondary N) is 1. The third-order valence-electron chi connectivity index (χ3n) is 4.83. The van der Waals surface area contributed by atoms with E-state index < -0.39 is 46.3 Å². The first-order chi connectivity index (χ1) is 14.4. The van der Waals surface area contributed by atoms with E-state index in [2.05, 4.69) is 4.98 Å². The monoisotopic (exact) mass is 498 g/mol. The summed E-state index contributed by atoms with van der Waals surface area (Å²) in [6.07, 6.45) is 0. The Morgan fingerprint density at radius 2 is 1.22 bits per heavy atom. The zero-order valence-electron chi connectivity index (χ0n) is 15.3. The van der Waals surface area contributed by atoms with Gasteiger partial charge in [-0.05, 0) is 6.92 Å². The van der Waals surface area contributed by atoms with Crippen LogP contribution in [0.4, 0.5) is 53.4 Å². The highest BCUT2D eigenvalue weighted by Crippen LogP contribution is 2.69. The number of aromatic nitrogens is 1. The summed E-state index contributed by atoms with van der Waals surface area (Å²) in [4.78, 5) is 15.5. The zero-order chi connectivity index (χ0) is 24.5. The molecule has 0 unspecified atom stereocenters. The van der Waals surface area contributed by atoms with Crippen molar-refractivity contribution in [2.75, 3.05) is 5.32 Å². The van der Waals surface area contributed by atoms with E-state index in [1.165, 1.54) is 12.1 Å². The van der Waals surface area contributed by atoms with Crippen molar-refractivity contribution >= 4 is 22.4 Å². The topological polar surface area (TPSA) is 42.0 Å². The fraction of sp³-hybridized carbons (Fsp3) is 0.412. The number of halogens is 11. The van der Waals surface area contributed by atoms with Gasteiger partial charge in [0.1, 0.15) is 0 Å². The van der Waals surface area contributed by atoms with Gasteiger partial charge in [0.15, 0.2) is 5.13 Å². The van der Waals surface area contributed by atoms with Crippen LogP contribution in [-0.2, 0) is 4.79 Å². The third-order valence-corrected chi connectivity index (χ3v) is 5.59. The quantitative estimate of drug-likeness (QED) is 0.532. The summed E-state index contributed by atoms with van der Waals surface area (Å²) in [7, 11) is 0. The molecule has 1 fully saturated rings. The van der Waals surface area contributed by atoms with Crippen LogP contribution < -0.4 is 5.32 Å². The molecule has 3 nitrogen and oxygen atoms in total. The molecule has 0 atom stereocenters. The average Bonchev–Trinajstić information content (AvgIpc) is 3.14. The SMILES string of the molecule is Cc1ccc(-c2csc(NC(=O)C3(F)C(F)(F)C(F)(F)C(F)(F)C(F)(F)C3(F)F)n2)cc1. The van der Waals surface area contributed by atoms with Crippen LogP contribution >= 0.6 is 11.3 Å². The summed E-state index contributed by atoms with van der Waals surface area (Å²) < 4.78 is 151. The number of amides is 1. The lowest BCUT2D eigenvalue weighted by molar-refractivity contribution is -0.475. The Balaban J connectivity index is 2.03. The molecule has 176 valence electrons. The number of aryl methyl sites for hydroxylation is 1. The van der Waals surface area contributed by atoms with Crippen LogP contribution in [0.2, 0.25) is 0 Å². The van der Waals surface area contributed by atoms with E-state index in [9.17, 15) is 53.1 Å². The normalized spacial score (nSPS) is 24.0. The number of carbonyl (C=O) groups excluding carboxylic acids is 1. The summed E-state index contributed by atoms with van der Waals surface area (Å²) in [6, 6.07) is 6.16. The first kappa shape index (κ1) is 24.2. The van der Waals surface area contributed by atoms with Gasteiger partial charge in [-0.2, -0.15) is 43.9 Å². The predicted molar refractivity (Wildman–Crippen MR) is 89.5 cm³/mol. The molecule has 15 heteroatoms.